The summed E-state index contributed by atoms with van der Waals surface area (Å²) in [5, 5.41) is 1.56. The third kappa shape index (κ3) is 3.81. The number of methoxy groups -OCH3 is 1. The van der Waals surface area contributed by atoms with Gasteiger partial charge in [-0.3, -0.25) is 9.59 Å². The molecule has 0 N–H and O–H groups in total. The van der Waals surface area contributed by atoms with Gasteiger partial charge in [0.2, 0.25) is 0 Å². The van der Waals surface area contributed by atoms with Crippen LogP contribution in [0.1, 0.15) is 25.2 Å². The summed E-state index contributed by atoms with van der Waals surface area (Å²) >= 11 is 2.46. The molecule has 1 aromatic carbocycles. The second-order valence-corrected chi connectivity index (χ2v) is 7.35. The van der Waals surface area contributed by atoms with Gasteiger partial charge in [-0.2, -0.15) is 0 Å². The number of carbonyl (C=O) groups is 2. The molecule has 0 aliphatic carbocycles. The number of thiophene rings is 1. The lowest BCUT2D eigenvalue weighted by atomic mass is 10.2. The van der Waals surface area contributed by atoms with Crippen LogP contribution in [0.2, 0.25) is 0 Å². The zero-order chi connectivity index (χ0) is 18.7. The van der Waals surface area contributed by atoms with Crippen molar-refractivity contribution in [1.29, 1.82) is 0 Å². The molecule has 0 atom stereocenters. The molecule has 0 saturated carbocycles. The van der Waals surface area contributed by atoms with Gasteiger partial charge in [0.15, 0.2) is 5.78 Å². The number of aliphatic imine (C=N–C) groups is 1. The van der Waals surface area contributed by atoms with Crippen molar-refractivity contribution in [3.8, 4) is 5.75 Å². The lowest BCUT2D eigenvalue weighted by Crippen LogP contribution is -2.01. The summed E-state index contributed by atoms with van der Waals surface area (Å²) in [6, 6.07) is 8.80. The second-order valence-electron chi connectivity index (χ2n) is 5.30. The van der Waals surface area contributed by atoms with Crippen LogP contribution in [-0.4, -0.2) is 41.2 Å². The summed E-state index contributed by atoms with van der Waals surface area (Å²) in [7, 11) is 1.60. The Morgan fingerprint density at radius 3 is 2.73 bits per heavy atom. The van der Waals surface area contributed by atoms with Gasteiger partial charge in [-0.25, -0.2) is 15.0 Å². The first-order chi connectivity index (χ1) is 12.5. The number of rotatable bonds is 6. The molecular weight excluding hydrogens is 370 g/mol. The highest BCUT2D eigenvalue weighted by Gasteiger charge is 2.15. The number of amides is 1. The molecule has 2 heterocycles. The van der Waals surface area contributed by atoms with Gasteiger partial charge in [0.25, 0.3) is 5.91 Å². The van der Waals surface area contributed by atoms with E-state index in [0.29, 0.717) is 21.3 Å². The van der Waals surface area contributed by atoms with Crippen LogP contribution >= 0.6 is 23.1 Å². The van der Waals surface area contributed by atoms with Gasteiger partial charge in [-0.15, -0.1) is 11.3 Å². The minimum Gasteiger partial charge on any atom is -0.497 e. The summed E-state index contributed by atoms with van der Waals surface area (Å²) in [4.78, 5) is 37.1. The fourth-order valence-corrected chi connectivity index (χ4v) is 4.19. The molecule has 0 fully saturated rings. The average molecular weight is 385 g/mol. The molecule has 0 aliphatic heterocycles. The second kappa shape index (κ2) is 7.76. The number of ketones is 1. The van der Waals surface area contributed by atoms with E-state index < -0.39 is 5.91 Å². The summed E-state index contributed by atoms with van der Waals surface area (Å²) in [5.74, 6) is 1.05. The number of Topliss-reactive ketones (excluding diaryl/α,β-unsaturated/α-hetero) is 1. The molecule has 0 bridgehead atoms. The van der Waals surface area contributed by atoms with Gasteiger partial charge in [0.1, 0.15) is 16.6 Å². The third-order valence-electron chi connectivity index (χ3n) is 3.55. The molecule has 6 nitrogen and oxygen atoms in total. The normalized spacial score (nSPS) is 10.7. The van der Waals surface area contributed by atoms with E-state index in [1.165, 1.54) is 11.8 Å². The van der Waals surface area contributed by atoms with E-state index in [1.807, 2.05) is 25.1 Å². The van der Waals surface area contributed by atoms with Crippen LogP contribution in [0.25, 0.3) is 10.9 Å². The number of thioether (sulfide) groups is 1. The summed E-state index contributed by atoms with van der Waals surface area (Å²) in [6.45, 7) is 5.03. The molecule has 26 heavy (non-hydrogen) atoms. The van der Waals surface area contributed by atoms with Gasteiger partial charge in [0.05, 0.1) is 28.1 Å². The van der Waals surface area contributed by atoms with E-state index in [0.717, 1.165) is 27.3 Å². The molecule has 0 saturated heterocycles. The Balaban J connectivity index is 1.82. The van der Waals surface area contributed by atoms with Crippen LogP contribution in [0.5, 0.6) is 5.75 Å². The van der Waals surface area contributed by atoms with Gasteiger partial charge < -0.3 is 4.74 Å². The summed E-state index contributed by atoms with van der Waals surface area (Å²) in [5.41, 5.74) is 0.800. The highest BCUT2D eigenvalue weighted by Crippen LogP contribution is 2.29. The van der Waals surface area contributed by atoms with E-state index in [1.54, 1.807) is 19.2 Å². The fourth-order valence-electron chi connectivity index (χ4n) is 2.31. The van der Waals surface area contributed by atoms with E-state index in [4.69, 9.17) is 4.74 Å². The van der Waals surface area contributed by atoms with Gasteiger partial charge in [-0.05, 0) is 44.0 Å². The van der Waals surface area contributed by atoms with Gasteiger partial charge in [0, 0.05) is 5.39 Å². The van der Waals surface area contributed by atoms with Crippen LogP contribution in [0.3, 0.4) is 0 Å². The Morgan fingerprint density at radius 1 is 1.23 bits per heavy atom. The highest BCUT2D eigenvalue weighted by molar-refractivity contribution is 8.00. The van der Waals surface area contributed by atoms with Crippen LogP contribution in [0, 0.1) is 6.92 Å². The molecule has 8 heteroatoms. The van der Waals surface area contributed by atoms with Crippen molar-refractivity contribution in [2.45, 2.75) is 11.9 Å². The number of hydrogen-bond donors (Lipinski definition) is 0. The van der Waals surface area contributed by atoms with Crippen molar-refractivity contribution < 1.29 is 14.3 Å². The van der Waals surface area contributed by atoms with Crippen LogP contribution in [0.15, 0.2) is 40.4 Å². The Labute approximate surface area is 158 Å². The Hall–Kier alpha value is -2.58. The SMILES string of the molecule is C=NC(=O)c1ccc(C(=O)CSc2nc(C)nc3ccc(OC)cc23)s1. The maximum absolute atomic E-state index is 12.5. The molecule has 1 amide bonds. The number of ether oxygens (including phenoxy) is 1. The topological polar surface area (TPSA) is 81.5 Å². The van der Waals surface area contributed by atoms with E-state index in [9.17, 15) is 9.59 Å². The number of benzene rings is 1. The van der Waals surface area contributed by atoms with Crippen LogP contribution in [-0.2, 0) is 0 Å². The Bertz CT molecular complexity index is 1010. The van der Waals surface area contributed by atoms with E-state index in [2.05, 4.69) is 21.7 Å². The zero-order valence-electron chi connectivity index (χ0n) is 14.2. The van der Waals surface area contributed by atoms with Crippen LogP contribution < -0.4 is 4.74 Å². The molecule has 0 radical (unpaired) electrons. The lowest BCUT2D eigenvalue weighted by molar-refractivity contribution is 0.100. The maximum Gasteiger partial charge on any atom is 0.286 e. The van der Waals surface area contributed by atoms with Crippen molar-refractivity contribution in [2.24, 2.45) is 4.99 Å². The summed E-state index contributed by atoms with van der Waals surface area (Å²) in [6.07, 6.45) is 0. The zero-order valence-corrected chi connectivity index (χ0v) is 15.8. The number of carbonyl (C=O) groups excluding carboxylic acids is 2. The predicted molar refractivity (Wildman–Crippen MR) is 104 cm³/mol. The minimum atomic E-state index is -0.425. The smallest absolute Gasteiger partial charge is 0.286 e. The predicted octanol–water partition coefficient (Wildman–Crippen LogP) is 3.82. The first kappa shape index (κ1) is 18.2. The van der Waals surface area contributed by atoms with E-state index >= 15 is 0 Å². The fraction of sp³-hybridized carbons (Fsp3) is 0.167. The lowest BCUT2D eigenvalue weighted by Gasteiger charge is -2.07. The highest BCUT2D eigenvalue weighted by atomic mass is 32.2. The van der Waals surface area contributed by atoms with Crippen molar-refractivity contribution in [3.05, 3.63) is 45.9 Å². The molecule has 3 rings (SSSR count). The molecule has 3 aromatic rings. The number of hydrogen-bond acceptors (Lipinski definition) is 7. The molecule has 132 valence electrons. The number of aromatic nitrogens is 2. The van der Waals surface area contributed by atoms with Crippen molar-refractivity contribution in [2.75, 3.05) is 12.9 Å². The standard InChI is InChI=1S/C18H15N3O3S2/c1-10-20-13-5-4-11(24-3)8-12(13)18(21-10)25-9-14(22)15-6-7-16(26-15)17(23)19-2/h4-8H,2,9H2,1,3H3. The van der Waals surface area contributed by atoms with Gasteiger partial charge in [-0.1, -0.05) is 11.8 Å². The number of aryl methyl sites for hydroxylation is 1. The molecule has 0 aliphatic rings. The monoisotopic (exact) mass is 385 g/mol. The largest absolute Gasteiger partial charge is 0.497 e. The first-order valence-electron chi connectivity index (χ1n) is 7.61. The van der Waals surface area contributed by atoms with Crippen LogP contribution in [0.4, 0.5) is 0 Å². The maximum atomic E-state index is 12.5. The third-order valence-corrected chi connectivity index (χ3v) is 5.66. The molecule has 0 spiro atoms. The minimum absolute atomic E-state index is 0.0737. The number of nitrogens with zero attached hydrogens (tertiary/aromatic N) is 3. The first-order valence-corrected chi connectivity index (χ1v) is 9.41. The van der Waals surface area contributed by atoms with Crippen molar-refractivity contribution in [1.82, 2.24) is 9.97 Å². The van der Waals surface area contributed by atoms with Crippen molar-refractivity contribution >= 4 is 52.4 Å². The average Bonchev–Trinajstić information content (AvgIpc) is 3.15. The quantitative estimate of drug-likeness (QED) is 0.278. The molecular formula is C18H15N3O3S2. The number of fused-ring (bicyclic) bond motifs is 1. The van der Waals surface area contributed by atoms with Gasteiger partial charge >= 0.3 is 0 Å². The Morgan fingerprint density at radius 2 is 2.00 bits per heavy atom. The summed E-state index contributed by atoms with van der Waals surface area (Å²) < 4.78 is 5.26. The molecule has 2 aromatic heterocycles. The van der Waals surface area contributed by atoms with Crippen molar-refractivity contribution in [3.63, 3.8) is 0 Å². The molecule has 0 unspecified atom stereocenters. The Kier molecular flexibility index (Phi) is 5.43. The van der Waals surface area contributed by atoms with E-state index in [-0.39, 0.29) is 11.5 Å².